The standard InChI is InChI=1S/C22H24FN3O2/c1-12-18(9-16(10-19(12)23)22(28)26-17-6-7-17)20-8-5-15(11-24-20)21(27)25-13(2)14-3-4-14/h5,8-11,13-14,17H,3-4,6-7H2,1-2H3,(H,25,27)(H,26,28). The third-order valence-corrected chi connectivity index (χ3v) is 5.51. The van der Waals surface area contributed by atoms with Crippen LogP contribution in [0.2, 0.25) is 0 Å². The van der Waals surface area contributed by atoms with Crippen LogP contribution < -0.4 is 10.6 Å². The number of amides is 2. The molecule has 1 aromatic carbocycles. The summed E-state index contributed by atoms with van der Waals surface area (Å²) < 4.78 is 14.4. The van der Waals surface area contributed by atoms with E-state index in [4.69, 9.17) is 0 Å². The van der Waals surface area contributed by atoms with Crippen LogP contribution in [0.4, 0.5) is 4.39 Å². The van der Waals surface area contributed by atoms with Crippen LogP contribution in [-0.2, 0) is 0 Å². The predicted octanol–water partition coefficient (Wildman–Crippen LogP) is 3.62. The Kier molecular flexibility index (Phi) is 4.87. The highest BCUT2D eigenvalue weighted by Gasteiger charge is 2.29. The lowest BCUT2D eigenvalue weighted by Crippen LogP contribution is -2.34. The van der Waals surface area contributed by atoms with Crippen molar-refractivity contribution in [2.75, 3.05) is 0 Å². The molecule has 2 fully saturated rings. The molecule has 2 aromatic rings. The van der Waals surface area contributed by atoms with Crippen LogP contribution in [0, 0.1) is 18.7 Å². The maximum absolute atomic E-state index is 14.4. The largest absolute Gasteiger partial charge is 0.349 e. The second-order valence-electron chi connectivity index (χ2n) is 7.91. The van der Waals surface area contributed by atoms with E-state index in [1.165, 1.54) is 12.3 Å². The molecule has 0 aliphatic heterocycles. The molecule has 2 aliphatic carbocycles. The Morgan fingerprint density at radius 1 is 1.11 bits per heavy atom. The van der Waals surface area contributed by atoms with Crippen molar-refractivity contribution in [1.29, 1.82) is 0 Å². The molecule has 1 unspecified atom stereocenters. The van der Waals surface area contributed by atoms with Gasteiger partial charge in [-0.2, -0.15) is 0 Å². The van der Waals surface area contributed by atoms with Crippen LogP contribution in [0.3, 0.4) is 0 Å². The summed E-state index contributed by atoms with van der Waals surface area (Å²) >= 11 is 0. The molecular formula is C22H24FN3O2. The quantitative estimate of drug-likeness (QED) is 0.803. The van der Waals surface area contributed by atoms with Gasteiger partial charge in [-0.15, -0.1) is 0 Å². The first-order valence-electron chi connectivity index (χ1n) is 9.80. The van der Waals surface area contributed by atoms with Crippen molar-refractivity contribution in [1.82, 2.24) is 15.6 Å². The van der Waals surface area contributed by atoms with E-state index in [-0.39, 0.29) is 29.5 Å². The van der Waals surface area contributed by atoms with Crippen molar-refractivity contribution in [3.05, 3.63) is 53.0 Å². The molecule has 146 valence electrons. The number of benzene rings is 1. The number of hydrogen-bond donors (Lipinski definition) is 2. The van der Waals surface area contributed by atoms with Crippen molar-refractivity contribution in [2.24, 2.45) is 5.92 Å². The first-order chi connectivity index (χ1) is 13.4. The summed E-state index contributed by atoms with van der Waals surface area (Å²) in [4.78, 5) is 29.0. The zero-order valence-corrected chi connectivity index (χ0v) is 16.1. The summed E-state index contributed by atoms with van der Waals surface area (Å²) in [5.74, 6) is -0.293. The lowest BCUT2D eigenvalue weighted by atomic mass is 10.00. The highest BCUT2D eigenvalue weighted by Crippen LogP contribution is 2.32. The highest BCUT2D eigenvalue weighted by atomic mass is 19.1. The molecule has 6 heteroatoms. The third-order valence-electron chi connectivity index (χ3n) is 5.51. The topological polar surface area (TPSA) is 71.1 Å². The number of halogens is 1. The average molecular weight is 381 g/mol. The number of pyridine rings is 1. The number of nitrogens with zero attached hydrogens (tertiary/aromatic N) is 1. The molecule has 2 aliphatic rings. The summed E-state index contributed by atoms with van der Waals surface area (Å²) in [5.41, 5.74) is 2.27. The predicted molar refractivity (Wildman–Crippen MR) is 105 cm³/mol. The van der Waals surface area contributed by atoms with Crippen LogP contribution in [0.25, 0.3) is 11.3 Å². The molecular weight excluding hydrogens is 357 g/mol. The monoisotopic (exact) mass is 381 g/mol. The number of rotatable bonds is 6. The molecule has 28 heavy (non-hydrogen) atoms. The Balaban J connectivity index is 1.55. The fourth-order valence-electron chi connectivity index (χ4n) is 3.26. The molecule has 1 heterocycles. The number of carbonyl (C=O) groups excluding carboxylic acids is 2. The van der Waals surface area contributed by atoms with Gasteiger partial charge in [0.1, 0.15) is 5.82 Å². The maximum atomic E-state index is 14.4. The number of nitrogens with one attached hydrogen (secondary N) is 2. The van der Waals surface area contributed by atoms with Gasteiger partial charge in [0.15, 0.2) is 0 Å². The van der Waals surface area contributed by atoms with Crippen molar-refractivity contribution in [3.63, 3.8) is 0 Å². The zero-order chi connectivity index (χ0) is 19.8. The van der Waals surface area contributed by atoms with Gasteiger partial charge in [0, 0.05) is 29.4 Å². The van der Waals surface area contributed by atoms with Gasteiger partial charge < -0.3 is 10.6 Å². The molecule has 2 saturated carbocycles. The summed E-state index contributed by atoms with van der Waals surface area (Å²) in [5, 5.41) is 5.87. The van der Waals surface area contributed by atoms with E-state index in [2.05, 4.69) is 15.6 Å². The molecule has 5 nitrogen and oxygen atoms in total. The Bertz CT molecular complexity index is 918. The normalized spacial score (nSPS) is 17.1. The second-order valence-corrected chi connectivity index (χ2v) is 7.91. The first kappa shape index (κ1) is 18.6. The van der Waals surface area contributed by atoms with E-state index < -0.39 is 5.82 Å². The van der Waals surface area contributed by atoms with E-state index in [1.54, 1.807) is 25.1 Å². The van der Waals surface area contributed by atoms with Gasteiger partial charge in [-0.1, -0.05) is 0 Å². The van der Waals surface area contributed by atoms with Crippen molar-refractivity contribution >= 4 is 11.8 Å². The first-order valence-corrected chi connectivity index (χ1v) is 9.80. The highest BCUT2D eigenvalue weighted by molar-refractivity contribution is 5.96. The van der Waals surface area contributed by atoms with Crippen LogP contribution in [0.5, 0.6) is 0 Å². The van der Waals surface area contributed by atoms with E-state index >= 15 is 0 Å². The molecule has 1 atom stereocenters. The van der Waals surface area contributed by atoms with Crippen LogP contribution in [0.1, 0.15) is 58.9 Å². The molecule has 0 bridgehead atoms. The maximum Gasteiger partial charge on any atom is 0.253 e. The third kappa shape index (κ3) is 4.06. The van der Waals surface area contributed by atoms with Gasteiger partial charge in [-0.05, 0) is 75.3 Å². The Labute approximate surface area is 163 Å². The van der Waals surface area contributed by atoms with E-state index in [0.29, 0.717) is 28.3 Å². The summed E-state index contributed by atoms with van der Waals surface area (Å²) in [6.45, 7) is 3.68. The van der Waals surface area contributed by atoms with Crippen LogP contribution >= 0.6 is 0 Å². The zero-order valence-electron chi connectivity index (χ0n) is 16.1. The van der Waals surface area contributed by atoms with Gasteiger partial charge in [-0.3, -0.25) is 14.6 Å². The molecule has 4 rings (SSSR count). The lowest BCUT2D eigenvalue weighted by Gasteiger charge is -2.13. The molecule has 2 N–H and O–H groups in total. The molecule has 1 aromatic heterocycles. The molecule has 0 saturated heterocycles. The molecule has 2 amide bonds. The summed E-state index contributed by atoms with van der Waals surface area (Å²) in [6, 6.07) is 6.66. The van der Waals surface area contributed by atoms with Crippen LogP contribution in [-0.4, -0.2) is 28.9 Å². The summed E-state index contributed by atoms with van der Waals surface area (Å²) in [6.07, 6.45) is 5.76. The smallest absolute Gasteiger partial charge is 0.253 e. The van der Waals surface area contributed by atoms with E-state index in [9.17, 15) is 14.0 Å². The van der Waals surface area contributed by atoms with Crippen molar-refractivity contribution < 1.29 is 14.0 Å². The van der Waals surface area contributed by atoms with Gasteiger partial charge in [0.25, 0.3) is 11.8 Å². The van der Waals surface area contributed by atoms with Gasteiger partial charge >= 0.3 is 0 Å². The van der Waals surface area contributed by atoms with Gasteiger partial charge in [0.2, 0.25) is 0 Å². The Morgan fingerprint density at radius 3 is 2.46 bits per heavy atom. The Hall–Kier alpha value is -2.76. The van der Waals surface area contributed by atoms with E-state index in [0.717, 1.165) is 25.7 Å². The van der Waals surface area contributed by atoms with Gasteiger partial charge in [-0.25, -0.2) is 4.39 Å². The van der Waals surface area contributed by atoms with Crippen molar-refractivity contribution in [3.8, 4) is 11.3 Å². The van der Waals surface area contributed by atoms with E-state index in [1.807, 2.05) is 6.92 Å². The minimum Gasteiger partial charge on any atom is -0.349 e. The second kappa shape index (κ2) is 7.34. The fourth-order valence-corrected chi connectivity index (χ4v) is 3.26. The number of hydrogen-bond acceptors (Lipinski definition) is 3. The molecule has 0 radical (unpaired) electrons. The summed E-state index contributed by atoms with van der Waals surface area (Å²) in [7, 11) is 0. The number of carbonyl (C=O) groups is 2. The van der Waals surface area contributed by atoms with Crippen LogP contribution in [0.15, 0.2) is 30.5 Å². The minimum atomic E-state index is -0.444. The van der Waals surface area contributed by atoms with Crippen molar-refractivity contribution in [2.45, 2.75) is 51.6 Å². The lowest BCUT2D eigenvalue weighted by molar-refractivity contribution is 0.0932. The van der Waals surface area contributed by atoms with Gasteiger partial charge in [0.05, 0.1) is 11.3 Å². The molecule has 0 spiro atoms. The average Bonchev–Trinajstić information content (AvgIpc) is 3.57. The minimum absolute atomic E-state index is 0.154. The fraction of sp³-hybridized carbons (Fsp3) is 0.409. The Morgan fingerprint density at radius 2 is 1.86 bits per heavy atom. The SMILES string of the molecule is Cc1c(F)cc(C(=O)NC2CC2)cc1-c1ccc(C(=O)NC(C)C2CC2)cn1. The number of aromatic nitrogens is 1.